The molecule has 3 fully saturated rings. The number of oxazole rings is 1. The Kier molecular flexibility index (Phi) is 11.5. The Labute approximate surface area is 327 Å². The zero-order chi connectivity index (χ0) is 39.4. The highest BCUT2D eigenvalue weighted by molar-refractivity contribution is 6.74. The monoisotopic (exact) mass is 786 g/mol. The standard InChI is InChI=1S/C39H60BClN4O8Si/c1-36(2,3)50-35(46)44-18-20-47-30(24-44)33(51-54(11,12)37(4,5)6)34-42-22-25(49-34)16-17-26-28(41)21-29-27(23-43-45(29)31-15-13-14-19-48-31)32(26)40-52-38(7,8)39(9,10)53-40/h21-23,30-31,33H,13-20,24H2,1-12H3/t30-,31?,33-/m1/s1. The zero-order valence-electron chi connectivity index (χ0n) is 34.3. The minimum Gasteiger partial charge on any atom is -0.444 e. The van der Waals surface area contributed by atoms with Crippen LogP contribution in [0.25, 0.3) is 10.9 Å². The third kappa shape index (κ3) is 8.59. The molecule has 5 heterocycles. The lowest BCUT2D eigenvalue weighted by molar-refractivity contribution is -0.0929. The van der Waals surface area contributed by atoms with Crippen molar-refractivity contribution >= 4 is 49.5 Å². The van der Waals surface area contributed by atoms with Crippen molar-refractivity contribution in [3.63, 3.8) is 0 Å². The van der Waals surface area contributed by atoms with E-state index in [1.54, 1.807) is 11.1 Å². The molecule has 1 aromatic carbocycles. The van der Waals surface area contributed by atoms with Crippen LogP contribution in [0.4, 0.5) is 4.79 Å². The largest absolute Gasteiger partial charge is 0.495 e. The van der Waals surface area contributed by atoms with Crippen molar-refractivity contribution in [1.29, 1.82) is 0 Å². The van der Waals surface area contributed by atoms with Crippen LogP contribution in [0.5, 0.6) is 0 Å². The molecule has 3 aliphatic rings. The number of nitrogens with zero attached hydrogens (tertiary/aromatic N) is 4. The number of hydrogen-bond donors (Lipinski definition) is 0. The van der Waals surface area contributed by atoms with Crippen molar-refractivity contribution in [1.82, 2.24) is 19.7 Å². The summed E-state index contributed by atoms with van der Waals surface area (Å²) in [6.07, 6.45) is 6.05. The first-order valence-corrected chi connectivity index (χ1v) is 22.7. The molecule has 3 saturated heterocycles. The number of ether oxygens (including phenoxy) is 3. The molecule has 12 nitrogen and oxygen atoms in total. The molecular weight excluding hydrogens is 727 g/mol. The number of hydrogen-bond acceptors (Lipinski definition) is 10. The van der Waals surface area contributed by atoms with Gasteiger partial charge in [-0.25, -0.2) is 14.5 Å². The summed E-state index contributed by atoms with van der Waals surface area (Å²) in [5, 5.41) is 6.24. The van der Waals surface area contributed by atoms with Crippen LogP contribution in [0.15, 0.2) is 22.9 Å². The predicted molar refractivity (Wildman–Crippen MR) is 212 cm³/mol. The van der Waals surface area contributed by atoms with Crippen LogP contribution in [0.3, 0.4) is 0 Å². The van der Waals surface area contributed by atoms with E-state index >= 15 is 0 Å². The number of amides is 1. The molecule has 0 spiro atoms. The molecule has 3 atom stereocenters. The van der Waals surface area contributed by atoms with Gasteiger partial charge in [0.25, 0.3) is 0 Å². The van der Waals surface area contributed by atoms with Gasteiger partial charge in [-0.15, -0.1) is 0 Å². The molecular formula is C39H60BClN4O8Si. The van der Waals surface area contributed by atoms with Gasteiger partial charge in [0.1, 0.15) is 17.5 Å². The summed E-state index contributed by atoms with van der Waals surface area (Å²) in [5.41, 5.74) is 0.953. The fraction of sp³-hybridized carbons (Fsp3) is 0.718. The van der Waals surface area contributed by atoms with Gasteiger partial charge in [0.15, 0.2) is 20.6 Å². The number of benzene rings is 1. The third-order valence-corrected chi connectivity index (χ3v) is 16.5. The molecule has 1 unspecified atom stereocenters. The second-order valence-corrected chi connectivity index (χ2v) is 23.6. The van der Waals surface area contributed by atoms with Crippen LogP contribution in [0.1, 0.15) is 118 Å². The topological polar surface area (TPSA) is 120 Å². The van der Waals surface area contributed by atoms with E-state index < -0.39 is 44.4 Å². The van der Waals surface area contributed by atoms with Crippen LogP contribution in [0, 0.1) is 0 Å². The summed E-state index contributed by atoms with van der Waals surface area (Å²) in [4.78, 5) is 19.6. The number of aromatic nitrogens is 3. The highest BCUT2D eigenvalue weighted by Gasteiger charge is 2.53. The quantitative estimate of drug-likeness (QED) is 0.197. The zero-order valence-corrected chi connectivity index (χ0v) is 36.1. The van der Waals surface area contributed by atoms with Crippen LogP contribution in [0.2, 0.25) is 23.2 Å². The van der Waals surface area contributed by atoms with Gasteiger partial charge in [-0.3, -0.25) is 0 Å². The summed E-state index contributed by atoms with van der Waals surface area (Å²) in [6.45, 7) is 26.5. The van der Waals surface area contributed by atoms with E-state index in [1.807, 2.05) is 37.7 Å². The van der Waals surface area contributed by atoms with E-state index in [9.17, 15) is 4.79 Å². The maximum atomic E-state index is 13.1. The van der Waals surface area contributed by atoms with Crippen LogP contribution in [-0.4, -0.2) is 90.4 Å². The molecule has 0 aliphatic carbocycles. The summed E-state index contributed by atoms with van der Waals surface area (Å²) in [5.74, 6) is 1.10. The Morgan fingerprint density at radius 1 is 1.04 bits per heavy atom. The van der Waals surface area contributed by atoms with Gasteiger partial charge in [-0.05, 0) is 109 Å². The lowest BCUT2D eigenvalue weighted by atomic mass is 9.73. The lowest BCUT2D eigenvalue weighted by Gasteiger charge is -2.42. The molecule has 2 aromatic heterocycles. The first-order valence-electron chi connectivity index (χ1n) is 19.4. The Balaban J connectivity index is 1.30. The minimum atomic E-state index is -2.35. The number of halogens is 1. The smallest absolute Gasteiger partial charge is 0.444 e. The van der Waals surface area contributed by atoms with Gasteiger partial charge in [0, 0.05) is 30.0 Å². The van der Waals surface area contributed by atoms with E-state index in [0.717, 1.165) is 41.2 Å². The average Bonchev–Trinajstić information content (AvgIpc) is 3.77. The fourth-order valence-electron chi connectivity index (χ4n) is 6.80. The second-order valence-electron chi connectivity index (χ2n) is 18.5. The third-order valence-electron chi connectivity index (χ3n) is 11.7. The summed E-state index contributed by atoms with van der Waals surface area (Å²) < 4.78 is 46.9. The van der Waals surface area contributed by atoms with Crippen molar-refractivity contribution in [2.45, 2.75) is 155 Å². The molecule has 0 N–H and O–H groups in total. The van der Waals surface area contributed by atoms with Crippen molar-refractivity contribution in [2.24, 2.45) is 0 Å². The first kappa shape index (κ1) is 41.2. The van der Waals surface area contributed by atoms with Gasteiger partial charge in [-0.2, -0.15) is 5.10 Å². The Hall–Kier alpha value is -2.46. The number of carbonyl (C=O) groups excluding carboxylic acids is 1. The van der Waals surface area contributed by atoms with Gasteiger partial charge < -0.3 is 37.3 Å². The maximum Gasteiger partial charge on any atom is 0.495 e. The van der Waals surface area contributed by atoms with Crippen molar-refractivity contribution in [2.75, 3.05) is 26.3 Å². The van der Waals surface area contributed by atoms with Crippen LogP contribution in [-0.2, 0) is 40.8 Å². The maximum absolute atomic E-state index is 13.1. The second kappa shape index (κ2) is 15.1. The predicted octanol–water partition coefficient (Wildman–Crippen LogP) is 8.16. The van der Waals surface area contributed by atoms with Crippen LogP contribution >= 0.6 is 11.6 Å². The summed E-state index contributed by atoms with van der Waals surface area (Å²) in [7, 11) is -3.00. The number of morpholine rings is 1. The highest BCUT2D eigenvalue weighted by atomic mass is 35.5. The van der Waals surface area contributed by atoms with Gasteiger partial charge in [-0.1, -0.05) is 32.4 Å². The molecule has 6 rings (SSSR count). The first-order chi connectivity index (χ1) is 25.1. The molecule has 1 amide bonds. The lowest BCUT2D eigenvalue weighted by Crippen LogP contribution is -2.52. The van der Waals surface area contributed by atoms with Crippen molar-refractivity contribution < 1.29 is 37.2 Å². The number of rotatable bonds is 9. The molecule has 3 aromatic rings. The Bertz CT molecular complexity index is 1790. The van der Waals surface area contributed by atoms with Gasteiger partial charge in [0.05, 0.1) is 42.3 Å². The average molecular weight is 787 g/mol. The summed E-state index contributed by atoms with van der Waals surface area (Å²) >= 11 is 7.20. The molecule has 3 aliphatic heterocycles. The number of carbonyl (C=O) groups is 1. The molecule has 54 heavy (non-hydrogen) atoms. The van der Waals surface area contributed by atoms with E-state index in [2.05, 4.69) is 61.6 Å². The number of fused-ring (bicyclic) bond motifs is 1. The van der Waals surface area contributed by atoms with Crippen molar-refractivity contribution in [3.05, 3.63) is 40.7 Å². The normalized spacial score (nSPS) is 22.9. The molecule has 15 heteroatoms. The number of aryl methyl sites for hydroxylation is 1. The SMILES string of the molecule is CC(C)(C)OC(=O)N1CCO[C@@H]([C@@H](O[Si](C)(C)C(C)(C)C)c2ncc(CCc3c(Cl)cc4c(cnn4C4CCCCO4)c3B3OC(C)(C)C(C)(C)O3)o2)C1. The molecule has 0 saturated carbocycles. The molecule has 0 radical (unpaired) electrons. The Morgan fingerprint density at radius 2 is 1.74 bits per heavy atom. The summed E-state index contributed by atoms with van der Waals surface area (Å²) in [6, 6.07) is 1.98. The van der Waals surface area contributed by atoms with Crippen LogP contribution < -0.4 is 5.46 Å². The molecule has 0 bridgehead atoms. The Morgan fingerprint density at radius 3 is 2.37 bits per heavy atom. The van der Waals surface area contributed by atoms with E-state index in [1.165, 1.54) is 0 Å². The minimum absolute atomic E-state index is 0.0869. The molecule has 298 valence electrons. The van der Waals surface area contributed by atoms with Gasteiger partial charge >= 0.3 is 13.2 Å². The van der Waals surface area contributed by atoms with E-state index in [4.69, 9.17) is 54.0 Å². The highest BCUT2D eigenvalue weighted by Crippen LogP contribution is 2.42. The van der Waals surface area contributed by atoms with Crippen molar-refractivity contribution in [3.8, 4) is 0 Å². The van der Waals surface area contributed by atoms with E-state index in [0.29, 0.717) is 55.8 Å². The van der Waals surface area contributed by atoms with E-state index in [-0.39, 0.29) is 17.4 Å². The fourth-order valence-corrected chi connectivity index (χ4v) is 8.34. The van der Waals surface area contributed by atoms with Gasteiger partial charge in [0.2, 0.25) is 5.89 Å².